The van der Waals surface area contributed by atoms with Crippen molar-refractivity contribution in [3.05, 3.63) is 0 Å². The third-order valence-corrected chi connectivity index (χ3v) is 2.27. The molecule has 0 heterocycles. The lowest BCUT2D eigenvalue weighted by molar-refractivity contribution is 0.215. The number of alkyl halides is 3. The lowest BCUT2D eigenvalue weighted by atomic mass is 11.7. The van der Waals surface area contributed by atoms with Crippen molar-refractivity contribution < 1.29 is 13.6 Å². The van der Waals surface area contributed by atoms with Crippen LogP contribution in [-0.2, 0) is 13.6 Å². The molecule has 3 nitrogen and oxygen atoms in total. The molecule has 7 heteroatoms. The van der Waals surface area contributed by atoms with E-state index in [2.05, 4.69) is 0 Å². The van der Waals surface area contributed by atoms with E-state index < -0.39 is 8.60 Å². The Bertz CT molecular complexity index is 61.7. The zero-order valence-corrected chi connectivity index (χ0v) is 8.09. The molecule has 0 N–H and O–H groups in total. The van der Waals surface area contributed by atoms with Gasteiger partial charge in [-0.05, 0) is 0 Å². The van der Waals surface area contributed by atoms with E-state index in [0.29, 0.717) is 0 Å². The first-order chi connectivity index (χ1) is 4.85. The molecule has 0 saturated heterocycles. The van der Waals surface area contributed by atoms with E-state index in [1.54, 1.807) is 0 Å². The summed E-state index contributed by atoms with van der Waals surface area (Å²) < 4.78 is 14.2. The lowest BCUT2D eigenvalue weighted by Crippen LogP contribution is -1.91. The molecule has 0 atom stereocenters. The molecular formula is C3H6Cl3O3P. The van der Waals surface area contributed by atoms with Gasteiger partial charge in [0.15, 0.2) is 0 Å². The van der Waals surface area contributed by atoms with Crippen LogP contribution in [0.2, 0.25) is 0 Å². The highest BCUT2D eigenvalue weighted by molar-refractivity contribution is 7.41. The van der Waals surface area contributed by atoms with E-state index in [1.165, 1.54) is 0 Å². The van der Waals surface area contributed by atoms with E-state index in [-0.39, 0.29) is 18.2 Å². The van der Waals surface area contributed by atoms with Crippen molar-refractivity contribution in [2.75, 3.05) is 18.2 Å². The number of halogens is 3. The second kappa shape index (κ2) is 8.28. The second-order valence-corrected chi connectivity index (χ2v) is 2.81. The normalized spacial score (nSPS) is 10.8. The summed E-state index contributed by atoms with van der Waals surface area (Å²) in [5.41, 5.74) is 0. The fraction of sp³-hybridized carbons (Fsp3) is 1.00. The molecule has 0 radical (unpaired) electrons. The van der Waals surface area contributed by atoms with E-state index in [9.17, 15) is 0 Å². The van der Waals surface area contributed by atoms with Gasteiger partial charge in [0.25, 0.3) is 0 Å². The van der Waals surface area contributed by atoms with Gasteiger partial charge in [-0.3, -0.25) is 13.6 Å². The summed E-state index contributed by atoms with van der Waals surface area (Å²) in [6.07, 6.45) is 0. The summed E-state index contributed by atoms with van der Waals surface area (Å²) in [5.74, 6) is 0. The Morgan fingerprint density at radius 2 is 1.10 bits per heavy atom. The summed E-state index contributed by atoms with van der Waals surface area (Å²) in [6, 6.07) is -0.00154. The minimum absolute atomic E-state index is 0.000514. The maximum Gasteiger partial charge on any atom is 0.336 e. The third kappa shape index (κ3) is 5.93. The van der Waals surface area contributed by atoms with Crippen LogP contribution < -0.4 is 0 Å². The standard InChI is InChI=1S/C3H6Cl3O3P/c4-1-7-10(8-2-5)9-3-6/h1-3H2. The Morgan fingerprint density at radius 1 is 0.800 bits per heavy atom. The smallest absolute Gasteiger partial charge is 0.296 e. The Kier molecular flexibility index (Phi) is 9.26. The summed E-state index contributed by atoms with van der Waals surface area (Å²) in [6.45, 7) is 0. The number of hydrogen-bond donors (Lipinski definition) is 0. The van der Waals surface area contributed by atoms with Crippen LogP contribution in [0, 0.1) is 0 Å². The van der Waals surface area contributed by atoms with Crippen LogP contribution in [0.15, 0.2) is 0 Å². The van der Waals surface area contributed by atoms with E-state index in [1.807, 2.05) is 0 Å². The van der Waals surface area contributed by atoms with Gasteiger partial charge in [-0.25, -0.2) is 0 Å². The molecule has 0 unspecified atom stereocenters. The average molecular weight is 227 g/mol. The third-order valence-electron chi connectivity index (χ3n) is 0.463. The minimum Gasteiger partial charge on any atom is -0.296 e. The molecule has 0 aromatic heterocycles. The van der Waals surface area contributed by atoms with Crippen molar-refractivity contribution in [1.82, 2.24) is 0 Å². The van der Waals surface area contributed by atoms with Crippen LogP contribution >= 0.6 is 43.4 Å². The molecule has 0 spiro atoms. The molecule has 0 fully saturated rings. The Hall–Kier alpha value is 1.18. The van der Waals surface area contributed by atoms with E-state index >= 15 is 0 Å². The molecule has 0 aromatic carbocycles. The van der Waals surface area contributed by atoms with Crippen molar-refractivity contribution in [2.24, 2.45) is 0 Å². The molecule has 0 rings (SSSR count). The first-order valence-corrected chi connectivity index (χ1v) is 4.91. The molecule has 0 aliphatic heterocycles. The fourth-order valence-electron chi connectivity index (χ4n) is 0.231. The van der Waals surface area contributed by atoms with Crippen LogP contribution in [0.4, 0.5) is 0 Å². The molecule has 0 saturated carbocycles. The van der Waals surface area contributed by atoms with Gasteiger partial charge in [-0.15, -0.1) is 0 Å². The summed E-state index contributed by atoms with van der Waals surface area (Å²) in [5, 5.41) is 0. The number of rotatable bonds is 6. The number of hydrogen-bond acceptors (Lipinski definition) is 3. The van der Waals surface area contributed by atoms with Gasteiger partial charge in [0.1, 0.15) is 18.2 Å². The zero-order chi connectivity index (χ0) is 7.82. The molecule has 0 aromatic rings. The summed E-state index contributed by atoms with van der Waals surface area (Å²) in [7, 11) is -1.46. The largest absolute Gasteiger partial charge is 0.336 e. The predicted molar refractivity (Wildman–Crippen MR) is 42.3 cm³/mol. The molecule has 0 bridgehead atoms. The first kappa shape index (κ1) is 11.2. The quantitative estimate of drug-likeness (QED) is 0.516. The maximum atomic E-state index is 5.22. The fourth-order valence-corrected chi connectivity index (χ4v) is 1.41. The van der Waals surface area contributed by atoms with Crippen molar-refractivity contribution in [3.63, 3.8) is 0 Å². The lowest BCUT2D eigenvalue weighted by Gasteiger charge is -2.10. The monoisotopic (exact) mass is 226 g/mol. The topological polar surface area (TPSA) is 27.7 Å². The Morgan fingerprint density at radius 3 is 1.30 bits per heavy atom. The molecule has 10 heavy (non-hydrogen) atoms. The van der Waals surface area contributed by atoms with Crippen molar-refractivity contribution in [1.29, 1.82) is 0 Å². The average Bonchev–Trinajstić information content (AvgIpc) is 1.90. The highest BCUT2D eigenvalue weighted by atomic mass is 35.5. The van der Waals surface area contributed by atoms with Crippen LogP contribution in [0.3, 0.4) is 0 Å². The SMILES string of the molecule is ClCOP(OCCl)OCCl. The van der Waals surface area contributed by atoms with Gasteiger partial charge in [0, 0.05) is 0 Å². The Balaban J connectivity index is 3.30. The highest BCUT2D eigenvalue weighted by Crippen LogP contribution is 2.39. The molecule has 0 aliphatic rings. The summed E-state index contributed by atoms with van der Waals surface area (Å²) >= 11 is 15.6. The molecule has 0 amide bonds. The van der Waals surface area contributed by atoms with Gasteiger partial charge >= 0.3 is 8.60 Å². The maximum absolute atomic E-state index is 5.22. The van der Waals surface area contributed by atoms with E-state index in [0.717, 1.165) is 0 Å². The Labute approximate surface area is 75.5 Å². The van der Waals surface area contributed by atoms with E-state index in [4.69, 9.17) is 48.4 Å². The highest BCUT2D eigenvalue weighted by Gasteiger charge is 2.09. The molecule has 62 valence electrons. The molecule has 0 aliphatic carbocycles. The van der Waals surface area contributed by atoms with Crippen LogP contribution in [0.25, 0.3) is 0 Å². The predicted octanol–water partition coefficient (Wildman–Crippen LogP) is 2.85. The van der Waals surface area contributed by atoms with Crippen molar-refractivity contribution in [3.8, 4) is 0 Å². The summed E-state index contributed by atoms with van der Waals surface area (Å²) in [4.78, 5) is 0. The van der Waals surface area contributed by atoms with Crippen LogP contribution in [0.1, 0.15) is 0 Å². The molecular weight excluding hydrogens is 221 g/mol. The zero-order valence-electron chi connectivity index (χ0n) is 4.93. The van der Waals surface area contributed by atoms with Crippen LogP contribution in [0.5, 0.6) is 0 Å². The van der Waals surface area contributed by atoms with Gasteiger partial charge < -0.3 is 0 Å². The van der Waals surface area contributed by atoms with Crippen molar-refractivity contribution in [2.45, 2.75) is 0 Å². The minimum atomic E-state index is -1.46. The first-order valence-electron chi connectivity index (χ1n) is 2.22. The van der Waals surface area contributed by atoms with Gasteiger partial charge in [0.2, 0.25) is 0 Å². The van der Waals surface area contributed by atoms with Crippen molar-refractivity contribution >= 4 is 43.4 Å². The van der Waals surface area contributed by atoms with Crippen LogP contribution in [-0.4, -0.2) is 18.2 Å². The van der Waals surface area contributed by atoms with Gasteiger partial charge in [-0.1, -0.05) is 34.8 Å². The van der Waals surface area contributed by atoms with Gasteiger partial charge in [0.05, 0.1) is 0 Å². The second-order valence-electron chi connectivity index (χ2n) is 0.938. The van der Waals surface area contributed by atoms with Gasteiger partial charge in [-0.2, -0.15) is 0 Å².